The molecule has 0 saturated heterocycles. The highest BCUT2D eigenvalue weighted by molar-refractivity contribution is 5.90. The average molecular weight is 324 g/mol. The van der Waals surface area contributed by atoms with Crippen LogP contribution in [0.1, 0.15) is 23.4 Å². The summed E-state index contributed by atoms with van der Waals surface area (Å²) in [5.74, 6) is -0.0474. The molecular weight excluding hydrogens is 304 g/mol. The number of carbonyl (C=O) groups is 1. The van der Waals surface area contributed by atoms with Gasteiger partial charge in [0.25, 0.3) is 0 Å². The molecule has 0 aliphatic rings. The van der Waals surface area contributed by atoms with Crippen molar-refractivity contribution in [2.24, 2.45) is 0 Å². The van der Waals surface area contributed by atoms with Crippen molar-refractivity contribution in [3.8, 4) is 0 Å². The van der Waals surface area contributed by atoms with Crippen LogP contribution in [0.4, 0.5) is 5.69 Å². The van der Waals surface area contributed by atoms with E-state index in [4.69, 9.17) is 0 Å². The van der Waals surface area contributed by atoms with Crippen LogP contribution in [-0.2, 0) is 17.9 Å². The average Bonchev–Trinajstić information content (AvgIpc) is 3.16. The number of anilines is 1. The molecule has 2 heterocycles. The van der Waals surface area contributed by atoms with Crippen molar-refractivity contribution in [2.75, 3.05) is 5.32 Å². The highest BCUT2D eigenvalue weighted by Crippen LogP contribution is 2.13. The Morgan fingerprint density at radius 1 is 1.25 bits per heavy atom. The van der Waals surface area contributed by atoms with Gasteiger partial charge in [0.15, 0.2) is 0 Å². The molecule has 124 valence electrons. The summed E-state index contributed by atoms with van der Waals surface area (Å²) in [6.07, 6.45) is 3.41. The van der Waals surface area contributed by atoms with Crippen LogP contribution in [0.3, 0.4) is 0 Å². The van der Waals surface area contributed by atoms with E-state index in [1.54, 1.807) is 11.0 Å². The number of hydrogen-bond donors (Lipinski definition) is 1. The summed E-state index contributed by atoms with van der Waals surface area (Å²) >= 11 is 0. The Morgan fingerprint density at radius 3 is 2.83 bits per heavy atom. The first kappa shape index (κ1) is 15.9. The third kappa shape index (κ3) is 4.07. The van der Waals surface area contributed by atoms with Gasteiger partial charge in [-0.2, -0.15) is 10.2 Å². The van der Waals surface area contributed by atoms with Gasteiger partial charge < -0.3 is 5.32 Å². The summed E-state index contributed by atoms with van der Waals surface area (Å²) in [6.45, 7) is 5.21. The van der Waals surface area contributed by atoms with Crippen molar-refractivity contribution >= 4 is 11.6 Å². The Morgan fingerprint density at radius 2 is 2.12 bits per heavy atom. The zero-order chi connectivity index (χ0) is 16.9. The van der Waals surface area contributed by atoms with Gasteiger partial charge in [0.2, 0.25) is 5.91 Å². The maximum atomic E-state index is 12.0. The van der Waals surface area contributed by atoms with Crippen LogP contribution >= 0.6 is 0 Å². The molecular formula is C17H20N6O. The number of nitrogens with one attached hydrogen (secondary N) is 1. The van der Waals surface area contributed by atoms with E-state index >= 15 is 0 Å². The third-order valence-corrected chi connectivity index (χ3v) is 3.68. The predicted molar refractivity (Wildman–Crippen MR) is 90.5 cm³/mol. The predicted octanol–water partition coefficient (Wildman–Crippen LogP) is 2.17. The minimum Gasteiger partial charge on any atom is -0.326 e. The lowest BCUT2D eigenvalue weighted by molar-refractivity contribution is -0.116. The third-order valence-electron chi connectivity index (χ3n) is 3.68. The fourth-order valence-electron chi connectivity index (χ4n) is 2.54. The molecule has 0 radical (unpaired) electrons. The van der Waals surface area contributed by atoms with E-state index in [1.165, 1.54) is 6.33 Å². The topological polar surface area (TPSA) is 77.6 Å². The Hall–Kier alpha value is -2.96. The van der Waals surface area contributed by atoms with Crippen molar-refractivity contribution in [1.29, 1.82) is 0 Å². The van der Waals surface area contributed by atoms with Crippen LogP contribution in [-0.4, -0.2) is 30.5 Å². The SMILES string of the molecule is Cc1cc(C)n(Cc2cccc(NC(=O)CCn3cncn3)c2)n1. The van der Waals surface area contributed by atoms with Crippen LogP contribution in [0, 0.1) is 13.8 Å². The van der Waals surface area contributed by atoms with Gasteiger partial charge in [-0.25, -0.2) is 4.98 Å². The van der Waals surface area contributed by atoms with E-state index in [1.807, 2.05) is 42.8 Å². The second kappa shape index (κ2) is 7.08. The van der Waals surface area contributed by atoms with E-state index in [0.29, 0.717) is 19.5 Å². The van der Waals surface area contributed by atoms with Crippen molar-refractivity contribution in [2.45, 2.75) is 33.4 Å². The normalized spacial score (nSPS) is 10.8. The van der Waals surface area contributed by atoms with Crippen LogP contribution in [0.15, 0.2) is 43.0 Å². The summed E-state index contributed by atoms with van der Waals surface area (Å²) in [4.78, 5) is 15.9. The summed E-state index contributed by atoms with van der Waals surface area (Å²) < 4.78 is 3.60. The number of carbonyl (C=O) groups excluding carboxylic acids is 1. The highest BCUT2D eigenvalue weighted by atomic mass is 16.1. The number of nitrogens with zero attached hydrogens (tertiary/aromatic N) is 5. The Balaban J connectivity index is 1.60. The van der Waals surface area contributed by atoms with Crippen molar-refractivity contribution in [3.05, 3.63) is 59.9 Å². The van der Waals surface area contributed by atoms with Crippen LogP contribution in [0.2, 0.25) is 0 Å². The molecule has 0 bridgehead atoms. The highest BCUT2D eigenvalue weighted by Gasteiger charge is 2.06. The van der Waals surface area contributed by atoms with Gasteiger partial charge in [0.05, 0.1) is 18.8 Å². The first-order valence-corrected chi connectivity index (χ1v) is 7.82. The van der Waals surface area contributed by atoms with E-state index in [2.05, 4.69) is 26.6 Å². The molecule has 1 amide bonds. The van der Waals surface area contributed by atoms with Gasteiger partial charge in [-0.15, -0.1) is 0 Å². The molecule has 1 N–H and O–H groups in total. The fraction of sp³-hybridized carbons (Fsp3) is 0.294. The first-order valence-electron chi connectivity index (χ1n) is 7.82. The van der Waals surface area contributed by atoms with E-state index in [-0.39, 0.29) is 5.91 Å². The molecule has 3 aromatic rings. The number of aryl methyl sites for hydroxylation is 3. The van der Waals surface area contributed by atoms with Crippen LogP contribution in [0.5, 0.6) is 0 Å². The molecule has 0 atom stereocenters. The van der Waals surface area contributed by atoms with E-state index in [9.17, 15) is 4.79 Å². The summed E-state index contributed by atoms with van der Waals surface area (Å²) in [6, 6.07) is 9.88. The first-order chi connectivity index (χ1) is 11.6. The molecule has 0 aliphatic heterocycles. The van der Waals surface area contributed by atoms with Gasteiger partial charge >= 0.3 is 0 Å². The summed E-state index contributed by atoms with van der Waals surface area (Å²) in [5, 5.41) is 11.4. The lowest BCUT2D eigenvalue weighted by Gasteiger charge is -2.09. The fourth-order valence-corrected chi connectivity index (χ4v) is 2.54. The van der Waals surface area contributed by atoms with Gasteiger partial charge in [0, 0.05) is 17.8 Å². The van der Waals surface area contributed by atoms with E-state index < -0.39 is 0 Å². The van der Waals surface area contributed by atoms with Gasteiger partial charge in [0.1, 0.15) is 12.7 Å². The molecule has 24 heavy (non-hydrogen) atoms. The van der Waals surface area contributed by atoms with E-state index in [0.717, 1.165) is 22.6 Å². The monoisotopic (exact) mass is 324 g/mol. The molecule has 0 saturated carbocycles. The lowest BCUT2D eigenvalue weighted by atomic mass is 10.2. The Kier molecular flexibility index (Phi) is 4.69. The van der Waals surface area contributed by atoms with Crippen LogP contribution in [0.25, 0.3) is 0 Å². The second-order valence-electron chi connectivity index (χ2n) is 5.74. The second-order valence-corrected chi connectivity index (χ2v) is 5.74. The smallest absolute Gasteiger partial charge is 0.226 e. The van der Waals surface area contributed by atoms with Gasteiger partial charge in [-0.1, -0.05) is 12.1 Å². The minimum atomic E-state index is -0.0474. The molecule has 0 unspecified atom stereocenters. The number of amides is 1. The number of rotatable bonds is 6. The number of aromatic nitrogens is 5. The number of hydrogen-bond acceptors (Lipinski definition) is 4. The molecule has 3 rings (SSSR count). The molecule has 1 aromatic carbocycles. The molecule has 0 fully saturated rings. The quantitative estimate of drug-likeness (QED) is 0.754. The molecule has 7 heteroatoms. The molecule has 0 aliphatic carbocycles. The molecule has 2 aromatic heterocycles. The summed E-state index contributed by atoms with van der Waals surface area (Å²) in [7, 11) is 0. The largest absolute Gasteiger partial charge is 0.326 e. The lowest BCUT2D eigenvalue weighted by Crippen LogP contribution is -2.15. The molecule has 0 spiro atoms. The van der Waals surface area contributed by atoms with Crippen molar-refractivity contribution in [3.63, 3.8) is 0 Å². The Bertz CT molecular complexity index is 821. The van der Waals surface area contributed by atoms with Gasteiger partial charge in [-0.05, 0) is 37.6 Å². The van der Waals surface area contributed by atoms with Crippen LogP contribution < -0.4 is 5.32 Å². The van der Waals surface area contributed by atoms with Gasteiger partial charge in [-0.3, -0.25) is 14.2 Å². The van der Waals surface area contributed by atoms with Crippen molar-refractivity contribution < 1.29 is 4.79 Å². The zero-order valence-electron chi connectivity index (χ0n) is 13.8. The minimum absolute atomic E-state index is 0.0474. The molecule has 7 nitrogen and oxygen atoms in total. The maximum absolute atomic E-state index is 12.0. The maximum Gasteiger partial charge on any atom is 0.226 e. The standard InChI is InChI=1S/C17H20N6O/c1-13-8-14(2)23(21-13)10-15-4-3-5-16(9-15)20-17(24)6-7-22-12-18-11-19-22/h3-5,8-9,11-12H,6-7,10H2,1-2H3,(H,20,24). The van der Waals surface area contributed by atoms with Crippen molar-refractivity contribution in [1.82, 2.24) is 24.5 Å². The number of benzene rings is 1. The summed E-state index contributed by atoms with van der Waals surface area (Å²) in [5.41, 5.74) is 4.01. The Labute approximate surface area is 140 Å². The zero-order valence-corrected chi connectivity index (χ0v) is 13.8.